The van der Waals surface area contributed by atoms with Crippen molar-refractivity contribution in [2.75, 3.05) is 13.1 Å². The summed E-state index contributed by atoms with van der Waals surface area (Å²) in [5.74, 6) is -1.14. The zero-order chi connectivity index (χ0) is 20.6. The van der Waals surface area contributed by atoms with Crippen LogP contribution in [0.1, 0.15) is 64.2 Å². The van der Waals surface area contributed by atoms with E-state index in [1.807, 2.05) is 4.90 Å². The minimum absolute atomic E-state index is 0.0554. The van der Waals surface area contributed by atoms with Gasteiger partial charge in [0.1, 0.15) is 17.4 Å². The van der Waals surface area contributed by atoms with E-state index >= 15 is 0 Å². The maximum absolute atomic E-state index is 13.3. The minimum Gasteiger partial charge on any atom is -0.490 e. The van der Waals surface area contributed by atoms with E-state index in [0.29, 0.717) is 12.8 Å². The third kappa shape index (κ3) is 6.98. The van der Waals surface area contributed by atoms with Gasteiger partial charge in [-0.1, -0.05) is 12.8 Å². The second-order valence-corrected chi connectivity index (χ2v) is 8.06. The van der Waals surface area contributed by atoms with Crippen LogP contribution in [0.4, 0.5) is 8.78 Å². The lowest BCUT2D eigenvalue weighted by Gasteiger charge is -2.29. The monoisotopic (exact) mass is 408 g/mol. The van der Waals surface area contributed by atoms with Crippen LogP contribution in [0.3, 0.4) is 0 Å². The average Bonchev–Trinajstić information content (AvgIpc) is 2.96. The van der Waals surface area contributed by atoms with Crippen molar-refractivity contribution in [2.24, 2.45) is 0 Å². The van der Waals surface area contributed by atoms with Crippen molar-refractivity contribution in [2.45, 2.75) is 76.4 Å². The molecule has 1 aromatic carbocycles. The molecule has 1 aromatic rings. The summed E-state index contributed by atoms with van der Waals surface area (Å²) in [7, 11) is 0. The summed E-state index contributed by atoms with van der Waals surface area (Å²) in [6.45, 7) is 1.61. The van der Waals surface area contributed by atoms with Crippen LogP contribution in [0.15, 0.2) is 18.2 Å². The first kappa shape index (κ1) is 21.5. The highest BCUT2D eigenvalue weighted by molar-refractivity contribution is 5.83. The zero-order valence-electron chi connectivity index (χ0n) is 16.8. The molecule has 1 saturated heterocycles. The van der Waals surface area contributed by atoms with Crippen LogP contribution >= 0.6 is 0 Å². The second-order valence-electron chi connectivity index (χ2n) is 8.06. The first-order valence-corrected chi connectivity index (χ1v) is 10.7. The van der Waals surface area contributed by atoms with Gasteiger partial charge >= 0.3 is 0 Å². The predicted molar refractivity (Wildman–Crippen MR) is 105 cm³/mol. The molecule has 1 N–H and O–H groups in total. The number of hydrogen-bond acceptors (Lipinski definition) is 3. The summed E-state index contributed by atoms with van der Waals surface area (Å²) in [5, 5.41) is 3.01. The number of ether oxygens (including phenoxy) is 1. The number of nitrogens with one attached hydrogen (secondary N) is 1. The van der Waals surface area contributed by atoms with Gasteiger partial charge in [-0.2, -0.15) is 0 Å². The van der Waals surface area contributed by atoms with Gasteiger partial charge < -0.3 is 15.0 Å². The minimum atomic E-state index is -0.657. The highest BCUT2D eigenvalue weighted by Gasteiger charge is 2.24. The average molecular weight is 408 g/mol. The summed E-state index contributed by atoms with van der Waals surface area (Å²) < 4.78 is 32.2. The summed E-state index contributed by atoms with van der Waals surface area (Å²) in [5.41, 5.74) is 0. The number of hydrogen-bond donors (Lipinski definition) is 1. The standard InChI is InChI=1S/C22H30F2N2O3/c23-16-13-17(24)15-20(14-16)29-19-7-5-18(6-8-19)25-21(27)9-10-22(28)26-11-3-1-2-4-12-26/h13-15,18-19H,1-12H2,(H,25,27). The molecular formula is C22H30F2N2O3. The number of amides is 2. The van der Waals surface area contributed by atoms with Crippen LogP contribution in [0.2, 0.25) is 0 Å². The third-order valence-electron chi connectivity index (χ3n) is 5.70. The molecule has 0 radical (unpaired) electrons. The maximum atomic E-state index is 13.3. The highest BCUT2D eigenvalue weighted by atomic mass is 19.1. The number of carbonyl (C=O) groups is 2. The normalized spacial score (nSPS) is 22.6. The molecule has 0 unspecified atom stereocenters. The number of benzene rings is 1. The van der Waals surface area contributed by atoms with E-state index in [4.69, 9.17) is 4.74 Å². The quantitative estimate of drug-likeness (QED) is 0.775. The summed E-state index contributed by atoms with van der Waals surface area (Å²) in [4.78, 5) is 26.4. The van der Waals surface area contributed by atoms with Crippen LogP contribution in [0, 0.1) is 11.6 Å². The lowest BCUT2D eigenvalue weighted by molar-refractivity contribution is -0.133. The molecule has 2 aliphatic rings. The Morgan fingerprint density at radius 1 is 0.931 bits per heavy atom. The molecule has 0 spiro atoms. The molecule has 0 atom stereocenters. The molecular weight excluding hydrogens is 378 g/mol. The molecule has 2 amide bonds. The number of nitrogens with zero attached hydrogens (tertiary/aromatic N) is 1. The molecule has 160 valence electrons. The number of likely N-dealkylation sites (tertiary alicyclic amines) is 1. The Labute approximate surface area is 170 Å². The Morgan fingerprint density at radius 2 is 1.55 bits per heavy atom. The first-order chi connectivity index (χ1) is 14.0. The molecule has 1 saturated carbocycles. The molecule has 7 heteroatoms. The van der Waals surface area contributed by atoms with E-state index in [1.165, 1.54) is 25.0 Å². The van der Waals surface area contributed by atoms with Gasteiger partial charge in [0.15, 0.2) is 0 Å². The largest absolute Gasteiger partial charge is 0.490 e. The molecule has 5 nitrogen and oxygen atoms in total. The van der Waals surface area contributed by atoms with E-state index in [0.717, 1.165) is 44.8 Å². The highest BCUT2D eigenvalue weighted by Crippen LogP contribution is 2.25. The predicted octanol–water partition coefficient (Wildman–Crippen LogP) is 3.95. The first-order valence-electron chi connectivity index (χ1n) is 10.7. The topological polar surface area (TPSA) is 58.6 Å². The van der Waals surface area contributed by atoms with Gasteiger partial charge in [0.25, 0.3) is 0 Å². The van der Waals surface area contributed by atoms with Crippen LogP contribution < -0.4 is 10.1 Å². The van der Waals surface area contributed by atoms with Crippen LogP contribution in [-0.4, -0.2) is 41.9 Å². The molecule has 29 heavy (non-hydrogen) atoms. The van der Waals surface area contributed by atoms with Gasteiger partial charge in [0.2, 0.25) is 11.8 Å². The molecule has 1 heterocycles. The van der Waals surface area contributed by atoms with Crippen molar-refractivity contribution in [3.05, 3.63) is 29.8 Å². The van der Waals surface area contributed by atoms with Crippen molar-refractivity contribution in [3.63, 3.8) is 0 Å². The van der Waals surface area contributed by atoms with Crippen LogP contribution in [-0.2, 0) is 9.59 Å². The third-order valence-corrected chi connectivity index (χ3v) is 5.70. The van der Waals surface area contributed by atoms with Gasteiger partial charge in [-0.15, -0.1) is 0 Å². The van der Waals surface area contributed by atoms with Crippen LogP contribution in [0.25, 0.3) is 0 Å². The van der Waals surface area contributed by atoms with E-state index < -0.39 is 11.6 Å². The molecule has 1 aliphatic carbocycles. The number of rotatable bonds is 6. The molecule has 2 fully saturated rings. The Hall–Kier alpha value is -2.18. The zero-order valence-corrected chi connectivity index (χ0v) is 16.8. The Balaban J connectivity index is 1.35. The van der Waals surface area contributed by atoms with Crippen molar-refractivity contribution in [3.8, 4) is 5.75 Å². The summed E-state index contributed by atoms with van der Waals surface area (Å²) in [6, 6.07) is 3.23. The fourth-order valence-electron chi connectivity index (χ4n) is 4.11. The smallest absolute Gasteiger partial charge is 0.223 e. The fourth-order valence-corrected chi connectivity index (χ4v) is 4.11. The number of halogens is 2. The lowest BCUT2D eigenvalue weighted by Crippen LogP contribution is -2.40. The van der Waals surface area contributed by atoms with Gasteiger partial charge in [-0.3, -0.25) is 9.59 Å². The van der Waals surface area contributed by atoms with E-state index in [2.05, 4.69) is 5.32 Å². The van der Waals surface area contributed by atoms with E-state index in [1.54, 1.807) is 0 Å². The van der Waals surface area contributed by atoms with Gasteiger partial charge in [0.05, 0.1) is 6.10 Å². The Morgan fingerprint density at radius 3 is 2.17 bits per heavy atom. The van der Waals surface area contributed by atoms with Crippen LogP contribution in [0.5, 0.6) is 5.75 Å². The van der Waals surface area contributed by atoms with Crippen molar-refractivity contribution < 1.29 is 23.1 Å². The van der Waals surface area contributed by atoms with Crippen molar-refractivity contribution in [1.82, 2.24) is 10.2 Å². The molecule has 1 aliphatic heterocycles. The lowest BCUT2D eigenvalue weighted by atomic mass is 9.92. The van der Waals surface area contributed by atoms with Gasteiger partial charge in [0, 0.05) is 50.2 Å². The van der Waals surface area contributed by atoms with Gasteiger partial charge in [-0.25, -0.2) is 8.78 Å². The van der Waals surface area contributed by atoms with Crippen molar-refractivity contribution in [1.29, 1.82) is 0 Å². The summed E-state index contributed by atoms with van der Waals surface area (Å²) >= 11 is 0. The Bertz CT molecular complexity index is 677. The van der Waals surface area contributed by atoms with E-state index in [-0.39, 0.29) is 42.6 Å². The molecule has 0 aromatic heterocycles. The van der Waals surface area contributed by atoms with Gasteiger partial charge in [-0.05, 0) is 38.5 Å². The second kappa shape index (κ2) is 10.6. The van der Waals surface area contributed by atoms with Crippen molar-refractivity contribution >= 4 is 11.8 Å². The fraction of sp³-hybridized carbons (Fsp3) is 0.636. The molecule has 0 bridgehead atoms. The maximum Gasteiger partial charge on any atom is 0.223 e. The Kier molecular flexibility index (Phi) is 7.83. The number of carbonyl (C=O) groups excluding carboxylic acids is 2. The SMILES string of the molecule is O=C(CCC(=O)N1CCCCCC1)NC1CCC(Oc2cc(F)cc(F)c2)CC1. The van der Waals surface area contributed by atoms with E-state index in [9.17, 15) is 18.4 Å². The molecule has 3 rings (SSSR count). The summed E-state index contributed by atoms with van der Waals surface area (Å²) in [6.07, 6.45) is 7.69.